The van der Waals surface area contributed by atoms with Crippen molar-refractivity contribution in [3.05, 3.63) is 36.5 Å². The van der Waals surface area contributed by atoms with Gasteiger partial charge in [-0.3, -0.25) is 9.59 Å². The Morgan fingerprint density at radius 1 is 0.487 bits per heavy atom. The number of allylic oxidation sites excluding steroid dienone is 5. The Kier molecular flexibility index (Phi) is 51.9. The second kappa shape index (κ2) is 54.8. The van der Waals surface area contributed by atoms with Crippen LogP contribution in [-0.2, 0) is 23.8 Å². The molecular formula is C65H121NO10. The normalized spacial score (nSPS) is 18.9. The Morgan fingerprint density at radius 2 is 0.882 bits per heavy atom. The molecule has 1 heterocycles. The van der Waals surface area contributed by atoms with Crippen molar-refractivity contribution in [1.82, 2.24) is 5.32 Å². The van der Waals surface area contributed by atoms with Crippen molar-refractivity contribution in [2.24, 2.45) is 0 Å². The quantitative estimate of drug-likeness (QED) is 0.0195. The van der Waals surface area contributed by atoms with Crippen molar-refractivity contribution in [2.75, 3.05) is 19.8 Å². The Bertz CT molecular complexity index is 1360. The van der Waals surface area contributed by atoms with Crippen LogP contribution in [0.1, 0.15) is 303 Å². The van der Waals surface area contributed by atoms with E-state index in [9.17, 15) is 35.1 Å². The van der Waals surface area contributed by atoms with E-state index in [1.165, 1.54) is 199 Å². The number of carbonyl (C=O) groups excluding carboxylic acids is 2. The van der Waals surface area contributed by atoms with Gasteiger partial charge in [-0.05, 0) is 64.2 Å². The maximum Gasteiger partial charge on any atom is 0.305 e. The number of hydrogen-bond donors (Lipinski definition) is 6. The molecule has 0 bridgehead atoms. The maximum atomic E-state index is 13.0. The number of unbranched alkanes of at least 4 members (excludes halogenated alkanes) is 38. The van der Waals surface area contributed by atoms with Crippen molar-refractivity contribution in [3.63, 3.8) is 0 Å². The predicted octanol–water partition coefficient (Wildman–Crippen LogP) is 15.5. The zero-order valence-corrected chi connectivity index (χ0v) is 49.2. The highest BCUT2D eigenvalue weighted by atomic mass is 16.7. The van der Waals surface area contributed by atoms with Crippen LogP contribution in [0.15, 0.2) is 36.5 Å². The number of rotatable bonds is 56. The number of carbonyl (C=O) groups is 2. The molecule has 1 rings (SSSR count). The van der Waals surface area contributed by atoms with E-state index < -0.39 is 49.5 Å². The summed E-state index contributed by atoms with van der Waals surface area (Å²) in [4.78, 5) is 25.0. The lowest BCUT2D eigenvalue weighted by Crippen LogP contribution is -2.60. The highest BCUT2D eigenvalue weighted by molar-refractivity contribution is 5.76. The molecule has 0 aromatic heterocycles. The van der Waals surface area contributed by atoms with Crippen LogP contribution in [0, 0.1) is 0 Å². The summed E-state index contributed by atoms with van der Waals surface area (Å²) in [5.41, 5.74) is 0. The molecule has 0 saturated carbocycles. The minimum Gasteiger partial charge on any atom is -0.466 e. The lowest BCUT2D eigenvalue weighted by atomic mass is 9.99. The second-order valence-electron chi connectivity index (χ2n) is 22.5. The number of aliphatic hydroxyl groups excluding tert-OH is 5. The molecule has 11 nitrogen and oxygen atoms in total. The molecule has 1 saturated heterocycles. The topological polar surface area (TPSA) is 175 Å². The van der Waals surface area contributed by atoms with E-state index in [0.717, 1.165) is 77.0 Å². The van der Waals surface area contributed by atoms with E-state index in [1.807, 2.05) is 6.08 Å². The molecule has 11 heteroatoms. The third-order valence-corrected chi connectivity index (χ3v) is 15.2. The second-order valence-corrected chi connectivity index (χ2v) is 22.5. The molecule has 1 amide bonds. The molecule has 1 fully saturated rings. The molecule has 0 aromatic rings. The lowest BCUT2D eigenvalue weighted by molar-refractivity contribution is -0.302. The fraction of sp³-hybridized carbons (Fsp3) is 0.877. The first-order chi connectivity index (χ1) is 37.2. The molecule has 6 N–H and O–H groups in total. The van der Waals surface area contributed by atoms with E-state index in [2.05, 4.69) is 43.5 Å². The molecule has 7 atom stereocenters. The van der Waals surface area contributed by atoms with Gasteiger partial charge in [-0.2, -0.15) is 0 Å². The van der Waals surface area contributed by atoms with Gasteiger partial charge in [0, 0.05) is 12.8 Å². The molecule has 0 aliphatic carbocycles. The van der Waals surface area contributed by atoms with Gasteiger partial charge < -0.3 is 45.1 Å². The van der Waals surface area contributed by atoms with Crippen LogP contribution in [0.5, 0.6) is 0 Å². The van der Waals surface area contributed by atoms with Gasteiger partial charge in [-0.25, -0.2) is 0 Å². The third-order valence-electron chi connectivity index (χ3n) is 15.2. The van der Waals surface area contributed by atoms with Crippen LogP contribution in [0.25, 0.3) is 0 Å². The van der Waals surface area contributed by atoms with Crippen LogP contribution >= 0.6 is 0 Å². The van der Waals surface area contributed by atoms with Gasteiger partial charge in [-0.15, -0.1) is 0 Å². The Morgan fingerprint density at radius 3 is 1.33 bits per heavy atom. The molecule has 1 aliphatic heterocycles. The maximum absolute atomic E-state index is 13.0. The van der Waals surface area contributed by atoms with Crippen LogP contribution < -0.4 is 5.32 Å². The average Bonchev–Trinajstić information content (AvgIpc) is 3.42. The standard InChI is InChI=1S/C65H121NO10/c1-3-5-7-9-11-13-15-32-35-39-43-47-51-58(68)57(56-75-65-64(73)63(72)62(71)59(55-67)76-65)66-60(69)52-48-44-40-36-33-29-27-25-23-21-19-17-16-18-20-22-24-26-28-30-34-38-42-46-50-54-74-61(70)53-49-45-41-37-31-14-12-10-8-6-4-2/h17-20,47,51,57-59,62-65,67-68,71-73H,3-16,21-46,48-50,52-56H2,1-2H3,(H,66,69)/b19-17-,20-18-,51-47+. The summed E-state index contributed by atoms with van der Waals surface area (Å²) in [6, 6.07) is -0.814. The first-order valence-electron chi connectivity index (χ1n) is 32.3. The molecule has 76 heavy (non-hydrogen) atoms. The monoisotopic (exact) mass is 1080 g/mol. The first kappa shape index (κ1) is 71.9. The van der Waals surface area contributed by atoms with Crippen LogP contribution in [0.2, 0.25) is 0 Å². The fourth-order valence-corrected chi connectivity index (χ4v) is 10.1. The average molecular weight is 1080 g/mol. The van der Waals surface area contributed by atoms with E-state index in [4.69, 9.17) is 14.2 Å². The summed E-state index contributed by atoms with van der Waals surface area (Å²) in [6.07, 6.45) is 58.2. The number of nitrogens with one attached hydrogen (secondary N) is 1. The fourth-order valence-electron chi connectivity index (χ4n) is 10.1. The number of aliphatic hydroxyl groups is 5. The Balaban J connectivity index is 2.04. The molecule has 0 aromatic carbocycles. The van der Waals surface area contributed by atoms with E-state index >= 15 is 0 Å². The molecule has 7 unspecified atom stereocenters. The van der Waals surface area contributed by atoms with E-state index in [-0.39, 0.29) is 18.5 Å². The Hall–Kier alpha value is -2.12. The highest BCUT2D eigenvalue weighted by Gasteiger charge is 2.44. The van der Waals surface area contributed by atoms with Gasteiger partial charge in [0.15, 0.2) is 6.29 Å². The SMILES string of the molecule is CCCCCCCCCCCC/C=C/C(O)C(COC1OC(CO)C(O)C(O)C1O)NC(=O)CCCCCCCCCCC/C=C\C/C=C\CCCCCCCCCCCOC(=O)CCCCCCCCCCCCC. The van der Waals surface area contributed by atoms with Gasteiger partial charge in [-0.1, -0.05) is 262 Å². The molecule has 0 spiro atoms. The summed E-state index contributed by atoms with van der Waals surface area (Å²) in [5, 5.41) is 54.4. The number of hydrogen-bond acceptors (Lipinski definition) is 10. The molecule has 446 valence electrons. The largest absolute Gasteiger partial charge is 0.466 e. The van der Waals surface area contributed by atoms with Crippen LogP contribution in [0.3, 0.4) is 0 Å². The summed E-state index contributed by atoms with van der Waals surface area (Å²) in [7, 11) is 0. The van der Waals surface area contributed by atoms with Gasteiger partial charge in [0.2, 0.25) is 5.91 Å². The van der Waals surface area contributed by atoms with Crippen LogP contribution in [-0.4, -0.2) is 100 Å². The number of amides is 1. The van der Waals surface area contributed by atoms with Gasteiger partial charge >= 0.3 is 5.97 Å². The Labute approximate surface area is 466 Å². The zero-order chi connectivity index (χ0) is 55.2. The third kappa shape index (κ3) is 43.7. The van der Waals surface area contributed by atoms with E-state index in [1.54, 1.807) is 6.08 Å². The smallest absolute Gasteiger partial charge is 0.305 e. The summed E-state index contributed by atoms with van der Waals surface area (Å²) < 4.78 is 16.7. The van der Waals surface area contributed by atoms with Gasteiger partial charge in [0.25, 0.3) is 0 Å². The van der Waals surface area contributed by atoms with Gasteiger partial charge in [0.05, 0.1) is 32.0 Å². The molecular weight excluding hydrogens is 955 g/mol. The summed E-state index contributed by atoms with van der Waals surface area (Å²) in [6.45, 7) is 4.34. The predicted molar refractivity (Wildman–Crippen MR) is 315 cm³/mol. The summed E-state index contributed by atoms with van der Waals surface area (Å²) in [5.74, 6) is -0.189. The highest BCUT2D eigenvalue weighted by Crippen LogP contribution is 2.23. The van der Waals surface area contributed by atoms with Crippen molar-refractivity contribution in [3.8, 4) is 0 Å². The minimum atomic E-state index is -1.57. The van der Waals surface area contributed by atoms with Crippen molar-refractivity contribution < 1.29 is 49.3 Å². The van der Waals surface area contributed by atoms with Crippen molar-refractivity contribution in [1.29, 1.82) is 0 Å². The van der Waals surface area contributed by atoms with Gasteiger partial charge in [0.1, 0.15) is 24.4 Å². The number of ether oxygens (including phenoxy) is 3. The molecule has 0 radical (unpaired) electrons. The first-order valence-corrected chi connectivity index (χ1v) is 32.3. The van der Waals surface area contributed by atoms with Crippen molar-refractivity contribution >= 4 is 11.9 Å². The van der Waals surface area contributed by atoms with Crippen LogP contribution in [0.4, 0.5) is 0 Å². The zero-order valence-electron chi connectivity index (χ0n) is 49.2. The lowest BCUT2D eigenvalue weighted by Gasteiger charge is -2.40. The van der Waals surface area contributed by atoms with Crippen molar-refractivity contribution in [2.45, 2.75) is 346 Å². The minimum absolute atomic E-state index is 0.00191. The number of esters is 1. The van der Waals surface area contributed by atoms with E-state index in [0.29, 0.717) is 19.4 Å². The molecule has 1 aliphatic rings. The summed E-state index contributed by atoms with van der Waals surface area (Å²) >= 11 is 0.